The van der Waals surface area contributed by atoms with Crippen LogP contribution in [0.4, 0.5) is 5.82 Å². The number of hydrogen-bond acceptors (Lipinski definition) is 2. The summed E-state index contributed by atoms with van der Waals surface area (Å²) in [6, 6.07) is 3.78. The minimum atomic E-state index is -0.795. The number of aliphatic carboxylic acids is 1. The van der Waals surface area contributed by atoms with E-state index in [1.54, 1.807) is 6.92 Å². The van der Waals surface area contributed by atoms with Crippen LogP contribution in [-0.2, 0) is 11.8 Å². The van der Waals surface area contributed by atoms with E-state index in [0.717, 1.165) is 11.5 Å². The van der Waals surface area contributed by atoms with Gasteiger partial charge in [0.15, 0.2) is 0 Å². The van der Waals surface area contributed by atoms with Crippen molar-refractivity contribution in [3.8, 4) is 0 Å². The van der Waals surface area contributed by atoms with Crippen molar-refractivity contribution < 1.29 is 9.90 Å². The third-order valence-corrected chi connectivity index (χ3v) is 2.41. The van der Waals surface area contributed by atoms with Gasteiger partial charge in [0, 0.05) is 26.8 Å². The van der Waals surface area contributed by atoms with Crippen LogP contribution in [0.3, 0.4) is 0 Å². The molecule has 1 atom stereocenters. The summed E-state index contributed by atoms with van der Waals surface area (Å²) in [7, 11) is 5.75. The van der Waals surface area contributed by atoms with Crippen LogP contribution in [0.5, 0.6) is 0 Å². The van der Waals surface area contributed by atoms with Crippen molar-refractivity contribution in [2.75, 3.05) is 19.0 Å². The average molecular weight is 196 g/mol. The molecule has 0 aromatic carbocycles. The van der Waals surface area contributed by atoms with Gasteiger partial charge in [-0.1, -0.05) is 0 Å². The van der Waals surface area contributed by atoms with Crippen molar-refractivity contribution in [1.29, 1.82) is 0 Å². The van der Waals surface area contributed by atoms with Gasteiger partial charge in [0.25, 0.3) is 0 Å². The predicted molar refractivity (Wildman–Crippen MR) is 55.8 cm³/mol. The molecule has 4 heteroatoms. The van der Waals surface area contributed by atoms with Crippen molar-refractivity contribution in [3.63, 3.8) is 0 Å². The van der Waals surface area contributed by atoms with E-state index in [1.165, 1.54) is 0 Å². The van der Waals surface area contributed by atoms with Crippen LogP contribution in [0.15, 0.2) is 12.1 Å². The van der Waals surface area contributed by atoms with Crippen molar-refractivity contribution in [2.24, 2.45) is 7.05 Å². The van der Waals surface area contributed by atoms with Gasteiger partial charge in [0.1, 0.15) is 5.82 Å². The summed E-state index contributed by atoms with van der Waals surface area (Å²) in [6.45, 7) is 1.69. The van der Waals surface area contributed by atoms with Crippen LogP contribution in [0.2, 0.25) is 0 Å². The van der Waals surface area contributed by atoms with E-state index in [1.807, 2.05) is 42.7 Å². The lowest BCUT2D eigenvalue weighted by Crippen LogP contribution is -2.16. The van der Waals surface area contributed by atoms with Crippen molar-refractivity contribution in [3.05, 3.63) is 17.8 Å². The Morgan fingerprint density at radius 2 is 2.07 bits per heavy atom. The molecular weight excluding hydrogens is 180 g/mol. The largest absolute Gasteiger partial charge is 0.481 e. The number of anilines is 1. The molecule has 0 aliphatic heterocycles. The van der Waals surface area contributed by atoms with Crippen LogP contribution in [0.25, 0.3) is 0 Å². The van der Waals surface area contributed by atoms with Crippen molar-refractivity contribution in [2.45, 2.75) is 12.8 Å². The second-order valence-corrected chi connectivity index (χ2v) is 3.63. The summed E-state index contributed by atoms with van der Waals surface area (Å²) in [5.74, 6) is -0.252. The van der Waals surface area contributed by atoms with Gasteiger partial charge in [0.2, 0.25) is 0 Å². The molecule has 4 nitrogen and oxygen atoms in total. The van der Waals surface area contributed by atoms with Gasteiger partial charge < -0.3 is 14.6 Å². The Labute approximate surface area is 83.8 Å². The average Bonchev–Trinajstić information content (AvgIpc) is 2.45. The van der Waals surface area contributed by atoms with Crippen molar-refractivity contribution in [1.82, 2.24) is 4.57 Å². The molecule has 1 aromatic heterocycles. The van der Waals surface area contributed by atoms with Crippen molar-refractivity contribution >= 4 is 11.8 Å². The first-order valence-electron chi connectivity index (χ1n) is 4.51. The van der Waals surface area contributed by atoms with Gasteiger partial charge in [-0.15, -0.1) is 0 Å². The summed E-state index contributed by atoms with van der Waals surface area (Å²) in [6.07, 6.45) is 0. The third-order valence-electron chi connectivity index (χ3n) is 2.41. The Balaban J connectivity index is 3.06. The zero-order chi connectivity index (χ0) is 10.9. The molecule has 1 heterocycles. The van der Waals surface area contributed by atoms with Crippen LogP contribution in [-0.4, -0.2) is 29.7 Å². The number of carboxylic acid groups (broad SMARTS) is 1. The summed E-state index contributed by atoms with van der Waals surface area (Å²) in [4.78, 5) is 12.8. The van der Waals surface area contributed by atoms with E-state index in [2.05, 4.69) is 0 Å². The number of carboxylic acids is 1. The fourth-order valence-electron chi connectivity index (χ4n) is 1.53. The molecule has 0 radical (unpaired) electrons. The zero-order valence-corrected chi connectivity index (χ0v) is 8.98. The van der Waals surface area contributed by atoms with E-state index >= 15 is 0 Å². The Morgan fingerprint density at radius 3 is 2.43 bits per heavy atom. The molecule has 0 fully saturated rings. The van der Waals surface area contributed by atoms with E-state index < -0.39 is 11.9 Å². The Morgan fingerprint density at radius 1 is 1.50 bits per heavy atom. The molecule has 78 valence electrons. The highest BCUT2D eigenvalue weighted by Crippen LogP contribution is 2.22. The summed E-state index contributed by atoms with van der Waals surface area (Å²) >= 11 is 0. The number of hydrogen-bond donors (Lipinski definition) is 1. The monoisotopic (exact) mass is 196 g/mol. The maximum atomic E-state index is 10.8. The number of nitrogens with zero attached hydrogens (tertiary/aromatic N) is 2. The summed E-state index contributed by atoms with van der Waals surface area (Å²) in [5, 5.41) is 8.88. The van der Waals surface area contributed by atoms with E-state index in [4.69, 9.17) is 5.11 Å². The molecule has 14 heavy (non-hydrogen) atoms. The first kappa shape index (κ1) is 10.6. The third kappa shape index (κ3) is 1.73. The van der Waals surface area contributed by atoms with Crippen LogP contribution in [0.1, 0.15) is 18.5 Å². The van der Waals surface area contributed by atoms with Gasteiger partial charge in [-0.2, -0.15) is 0 Å². The lowest BCUT2D eigenvalue weighted by Gasteiger charge is -2.16. The first-order chi connectivity index (χ1) is 6.45. The van der Waals surface area contributed by atoms with Crippen LogP contribution >= 0.6 is 0 Å². The maximum Gasteiger partial charge on any atom is 0.312 e. The highest BCUT2D eigenvalue weighted by Gasteiger charge is 2.18. The van der Waals surface area contributed by atoms with E-state index in [-0.39, 0.29) is 0 Å². The molecule has 0 bridgehead atoms. The molecule has 0 saturated carbocycles. The van der Waals surface area contributed by atoms with E-state index in [9.17, 15) is 4.79 Å². The standard InChI is InChI=1S/C10H16N2O2/c1-7(10(13)14)8-5-6-9(11(2)3)12(8)4/h5-7H,1-4H3,(H,13,14). The number of aromatic nitrogens is 1. The van der Waals surface area contributed by atoms with Gasteiger partial charge in [-0.25, -0.2) is 0 Å². The molecule has 1 rings (SSSR count). The van der Waals surface area contributed by atoms with E-state index in [0.29, 0.717) is 0 Å². The highest BCUT2D eigenvalue weighted by molar-refractivity contribution is 5.75. The lowest BCUT2D eigenvalue weighted by atomic mass is 10.1. The fourth-order valence-corrected chi connectivity index (χ4v) is 1.53. The molecule has 0 spiro atoms. The lowest BCUT2D eigenvalue weighted by molar-refractivity contribution is -0.138. The van der Waals surface area contributed by atoms with Crippen LogP contribution in [0, 0.1) is 0 Å². The Hall–Kier alpha value is -1.45. The van der Waals surface area contributed by atoms with Crippen LogP contribution < -0.4 is 4.90 Å². The molecule has 1 unspecified atom stereocenters. The highest BCUT2D eigenvalue weighted by atomic mass is 16.4. The molecular formula is C10H16N2O2. The SMILES string of the molecule is CC(C(=O)O)c1ccc(N(C)C)n1C. The number of carbonyl (C=O) groups is 1. The molecule has 0 saturated heterocycles. The fraction of sp³-hybridized carbons (Fsp3) is 0.500. The molecule has 0 aliphatic rings. The van der Waals surface area contributed by atoms with Gasteiger partial charge in [-0.3, -0.25) is 4.79 Å². The normalized spacial score (nSPS) is 12.6. The smallest absolute Gasteiger partial charge is 0.312 e. The van der Waals surface area contributed by atoms with Gasteiger partial charge in [-0.05, 0) is 19.1 Å². The zero-order valence-electron chi connectivity index (χ0n) is 8.98. The minimum Gasteiger partial charge on any atom is -0.481 e. The minimum absolute atomic E-state index is 0.464. The Bertz CT molecular complexity index is 342. The number of rotatable bonds is 3. The molecule has 0 aliphatic carbocycles. The maximum absolute atomic E-state index is 10.8. The molecule has 0 amide bonds. The molecule has 1 N–H and O–H groups in total. The second kappa shape index (κ2) is 3.74. The Kier molecular flexibility index (Phi) is 2.84. The first-order valence-corrected chi connectivity index (χ1v) is 4.51. The van der Waals surface area contributed by atoms with Gasteiger partial charge >= 0.3 is 5.97 Å². The summed E-state index contributed by atoms with van der Waals surface area (Å²) < 4.78 is 1.90. The predicted octanol–water partition coefficient (Wildman–Crippen LogP) is 1.28. The second-order valence-electron chi connectivity index (χ2n) is 3.63. The van der Waals surface area contributed by atoms with Gasteiger partial charge in [0.05, 0.1) is 5.92 Å². The quantitative estimate of drug-likeness (QED) is 0.792. The molecule has 1 aromatic rings. The topological polar surface area (TPSA) is 45.5 Å². The summed E-state index contributed by atoms with van der Waals surface area (Å²) in [5.41, 5.74) is 0.821.